The van der Waals surface area contributed by atoms with E-state index in [9.17, 15) is 0 Å². The van der Waals surface area contributed by atoms with Crippen LogP contribution in [-0.2, 0) is 33.3 Å². The summed E-state index contributed by atoms with van der Waals surface area (Å²) >= 11 is 0. The highest BCUT2D eigenvalue weighted by Crippen LogP contribution is 2.31. The molecule has 0 radical (unpaired) electrons. The zero-order valence-electron chi connectivity index (χ0n) is 12.2. The standard InChI is InChI=1S/C14H24O2S2/c1-15-13-7-12(10-18(5)6)14(16-2)8-11(13)9-17(3)4/h7-8H,9-10H2,1-6H3/q+2. The van der Waals surface area contributed by atoms with Crippen LogP contribution in [0.4, 0.5) is 0 Å². The van der Waals surface area contributed by atoms with Crippen LogP contribution >= 0.6 is 0 Å². The summed E-state index contributed by atoms with van der Waals surface area (Å²) in [5.41, 5.74) is 2.50. The summed E-state index contributed by atoms with van der Waals surface area (Å²) in [5.74, 6) is 4.09. The Balaban J connectivity index is 3.14. The molecular weight excluding hydrogens is 264 g/mol. The SMILES string of the molecule is COc1cc(C[S+](C)C)c(OC)cc1C[S+](C)C. The first-order chi connectivity index (χ1) is 8.47. The summed E-state index contributed by atoms with van der Waals surface area (Å²) in [6.07, 6.45) is 8.98. The van der Waals surface area contributed by atoms with Crippen LogP contribution < -0.4 is 9.47 Å². The first kappa shape index (κ1) is 15.6. The number of rotatable bonds is 6. The van der Waals surface area contributed by atoms with Crippen LogP contribution in [0.25, 0.3) is 0 Å². The van der Waals surface area contributed by atoms with Crippen molar-refractivity contribution in [3.05, 3.63) is 23.3 Å². The molecule has 0 saturated carbocycles. The fourth-order valence-electron chi connectivity index (χ4n) is 1.87. The topological polar surface area (TPSA) is 18.5 Å². The van der Waals surface area contributed by atoms with Gasteiger partial charge in [0, 0.05) is 11.1 Å². The second-order valence-electron chi connectivity index (χ2n) is 4.74. The third-order valence-electron chi connectivity index (χ3n) is 2.57. The summed E-state index contributed by atoms with van der Waals surface area (Å²) in [7, 11) is 4.21. The quantitative estimate of drug-likeness (QED) is 0.749. The Morgan fingerprint density at radius 3 is 1.33 bits per heavy atom. The molecule has 0 aliphatic carbocycles. The lowest BCUT2D eigenvalue weighted by Gasteiger charge is -2.13. The highest BCUT2D eigenvalue weighted by atomic mass is 32.2. The minimum Gasteiger partial charge on any atom is -0.496 e. The second kappa shape index (κ2) is 7.19. The van der Waals surface area contributed by atoms with Gasteiger partial charge >= 0.3 is 0 Å². The molecule has 0 spiro atoms. The van der Waals surface area contributed by atoms with Crippen LogP contribution in [-0.4, -0.2) is 39.2 Å². The van der Waals surface area contributed by atoms with Gasteiger partial charge in [-0.15, -0.1) is 0 Å². The fraction of sp³-hybridized carbons (Fsp3) is 0.571. The number of ether oxygens (including phenoxy) is 2. The van der Waals surface area contributed by atoms with Gasteiger partial charge in [-0.1, -0.05) is 0 Å². The normalized spacial score (nSPS) is 11.1. The van der Waals surface area contributed by atoms with Gasteiger partial charge in [-0.05, 0) is 33.9 Å². The molecule has 18 heavy (non-hydrogen) atoms. The van der Waals surface area contributed by atoms with E-state index in [1.54, 1.807) is 14.2 Å². The van der Waals surface area contributed by atoms with E-state index < -0.39 is 0 Å². The molecular formula is C14H24O2S2+2. The Labute approximate surface area is 117 Å². The molecule has 0 saturated heterocycles. The molecule has 1 aromatic rings. The minimum absolute atomic E-state index is 0.360. The Hall–Kier alpha value is -0.480. The molecule has 1 rings (SSSR count). The number of hydrogen-bond acceptors (Lipinski definition) is 2. The number of methoxy groups -OCH3 is 2. The smallest absolute Gasteiger partial charge is 0.136 e. The predicted molar refractivity (Wildman–Crippen MR) is 85.4 cm³/mol. The molecule has 0 unspecified atom stereocenters. The van der Waals surface area contributed by atoms with E-state index in [0.29, 0.717) is 21.8 Å². The monoisotopic (exact) mass is 288 g/mol. The van der Waals surface area contributed by atoms with Gasteiger partial charge in [-0.3, -0.25) is 0 Å². The van der Waals surface area contributed by atoms with Gasteiger partial charge in [0.05, 0.1) is 39.2 Å². The van der Waals surface area contributed by atoms with Gasteiger partial charge in [-0.2, -0.15) is 0 Å². The number of benzene rings is 1. The zero-order chi connectivity index (χ0) is 13.7. The van der Waals surface area contributed by atoms with Gasteiger partial charge in [0.1, 0.15) is 23.0 Å². The second-order valence-corrected chi connectivity index (χ2v) is 9.26. The van der Waals surface area contributed by atoms with Crippen molar-refractivity contribution in [3.63, 3.8) is 0 Å². The van der Waals surface area contributed by atoms with Crippen molar-refractivity contribution in [3.8, 4) is 11.5 Å². The summed E-state index contributed by atoms with van der Waals surface area (Å²) in [6, 6.07) is 4.29. The minimum atomic E-state index is 0.360. The summed E-state index contributed by atoms with van der Waals surface area (Å²) in [5, 5.41) is 0. The highest BCUT2D eigenvalue weighted by molar-refractivity contribution is 7.95. The highest BCUT2D eigenvalue weighted by Gasteiger charge is 2.18. The van der Waals surface area contributed by atoms with E-state index >= 15 is 0 Å². The molecule has 2 nitrogen and oxygen atoms in total. The van der Waals surface area contributed by atoms with Crippen molar-refractivity contribution in [2.75, 3.05) is 39.2 Å². The van der Waals surface area contributed by atoms with E-state index in [1.165, 1.54) is 11.1 Å². The van der Waals surface area contributed by atoms with E-state index in [4.69, 9.17) is 9.47 Å². The first-order valence-corrected chi connectivity index (χ1v) is 10.2. The lowest BCUT2D eigenvalue weighted by Crippen LogP contribution is -2.06. The fourth-order valence-corrected chi connectivity index (χ4v) is 3.57. The Kier molecular flexibility index (Phi) is 6.22. The molecule has 0 aliphatic heterocycles. The summed E-state index contributed by atoms with van der Waals surface area (Å²) < 4.78 is 11.0. The molecule has 0 amide bonds. The molecule has 0 bridgehead atoms. The maximum Gasteiger partial charge on any atom is 0.136 e. The van der Waals surface area contributed by atoms with Gasteiger partial charge in [0.25, 0.3) is 0 Å². The van der Waals surface area contributed by atoms with Crippen LogP contribution in [0.2, 0.25) is 0 Å². The average Bonchev–Trinajstić information content (AvgIpc) is 2.29. The van der Waals surface area contributed by atoms with E-state index in [0.717, 1.165) is 23.0 Å². The van der Waals surface area contributed by atoms with Crippen molar-refractivity contribution in [1.82, 2.24) is 0 Å². The summed E-state index contributed by atoms with van der Waals surface area (Å²) in [4.78, 5) is 0. The molecule has 1 aromatic carbocycles. The van der Waals surface area contributed by atoms with Crippen molar-refractivity contribution in [2.45, 2.75) is 11.5 Å². The molecule has 0 fully saturated rings. The number of hydrogen-bond donors (Lipinski definition) is 0. The Morgan fingerprint density at radius 1 is 0.778 bits per heavy atom. The molecule has 102 valence electrons. The molecule has 0 N–H and O–H groups in total. The van der Waals surface area contributed by atoms with E-state index in [-0.39, 0.29) is 0 Å². The van der Waals surface area contributed by atoms with E-state index in [2.05, 4.69) is 37.2 Å². The van der Waals surface area contributed by atoms with E-state index in [1.807, 2.05) is 0 Å². The van der Waals surface area contributed by atoms with Crippen molar-refractivity contribution in [2.24, 2.45) is 0 Å². The molecule has 4 heteroatoms. The Morgan fingerprint density at radius 2 is 1.11 bits per heavy atom. The average molecular weight is 288 g/mol. The van der Waals surface area contributed by atoms with Crippen molar-refractivity contribution < 1.29 is 9.47 Å². The third-order valence-corrected chi connectivity index (χ3v) is 4.35. The molecule has 0 atom stereocenters. The van der Waals surface area contributed by atoms with Gasteiger partial charge < -0.3 is 9.47 Å². The maximum atomic E-state index is 5.52. The van der Waals surface area contributed by atoms with Crippen LogP contribution in [0.5, 0.6) is 11.5 Å². The zero-order valence-corrected chi connectivity index (χ0v) is 13.8. The first-order valence-electron chi connectivity index (χ1n) is 5.80. The van der Waals surface area contributed by atoms with Crippen molar-refractivity contribution in [1.29, 1.82) is 0 Å². The molecule has 0 aromatic heterocycles. The largest absolute Gasteiger partial charge is 0.496 e. The van der Waals surface area contributed by atoms with Crippen LogP contribution in [0.3, 0.4) is 0 Å². The van der Waals surface area contributed by atoms with Crippen LogP contribution in [0.15, 0.2) is 12.1 Å². The lowest BCUT2D eigenvalue weighted by molar-refractivity contribution is 0.397. The third kappa shape index (κ3) is 4.32. The molecule has 0 aliphatic rings. The van der Waals surface area contributed by atoms with Gasteiger partial charge in [0.15, 0.2) is 0 Å². The Bertz CT molecular complexity index is 352. The maximum absolute atomic E-state index is 5.52. The predicted octanol–water partition coefficient (Wildman–Crippen LogP) is 2.46. The van der Waals surface area contributed by atoms with Gasteiger partial charge in [-0.25, -0.2) is 0 Å². The van der Waals surface area contributed by atoms with Gasteiger partial charge in [0.2, 0.25) is 0 Å². The lowest BCUT2D eigenvalue weighted by atomic mass is 10.1. The summed E-state index contributed by atoms with van der Waals surface area (Å²) in [6.45, 7) is 0. The van der Waals surface area contributed by atoms with Crippen LogP contribution in [0, 0.1) is 0 Å². The molecule has 0 heterocycles. The van der Waals surface area contributed by atoms with Crippen LogP contribution in [0.1, 0.15) is 11.1 Å². The van der Waals surface area contributed by atoms with Crippen molar-refractivity contribution >= 4 is 21.8 Å².